The summed E-state index contributed by atoms with van der Waals surface area (Å²) in [5, 5.41) is 53.1. The van der Waals surface area contributed by atoms with Crippen molar-refractivity contribution >= 4 is 59.1 Å². The highest BCUT2D eigenvalue weighted by molar-refractivity contribution is 5.88. The Morgan fingerprint density at radius 2 is 0.690 bits per heavy atom. The molecule has 18 heteroatoms. The first kappa shape index (κ1) is 53.1. The molecule has 0 aromatic heterocycles. The number of Topliss-reactive ketones (excluding diaryl/α,β-unsaturated/α-hetero) is 2. The van der Waals surface area contributed by atoms with E-state index in [1.807, 2.05) is 0 Å². The van der Waals surface area contributed by atoms with Gasteiger partial charge < -0.3 is 46.3 Å². The molecular weight excluding hydrogens is 762 g/mol. The van der Waals surface area contributed by atoms with Gasteiger partial charge >= 0.3 is 29.8 Å². The first-order valence-corrected chi connectivity index (χ1v) is 20.4. The van der Waals surface area contributed by atoms with Crippen LogP contribution in [0.25, 0.3) is 0 Å². The highest BCUT2D eigenvalue weighted by atomic mass is 16.4. The molecule has 0 fully saturated rings. The average Bonchev–Trinajstić information content (AvgIpc) is 3.14. The summed E-state index contributed by atoms with van der Waals surface area (Å²) in [6.07, 6.45) is 11.8. The molecule has 330 valence electrons. The zero-order chi connectivity index (χ0) is 43.9. The summed E-state index contributed by atoms with van der Waals surface area (Å²) < 4.78 is 0. The maximum Gasteiger partial charge on any atom is 0.326 e. The molecule has 0 aliphatic rings. The molecule has 0 radical (unpaired) electrons. The lowest BCUT2D eigenvalue weighted by atomic mass is 9.94. The molecule has 0 saturated carbocycles. The van der Waals surface area contributed by atoms with Gasteiger partial charge in [0.2, 0.25) is 17.7 Å². The molecule has 0 rings (SSSR count). The monoisotopic (exact) mass is 827 g/mol. The van der Waals surface area contributed by atoms with Gasteiger partial charge in [-0.3, -0.25) is 28.8 Å². The Morgan fingerprint density at radius 1 is 0.379 bits per heavy atom. The Hall–Kier alpha value is -4.90. The third kappa shape index (κ3) is 29.4. The fourth-order valence-electron chi connectivity index (χ4n) is 6.18. The van der Waals surface area contributed by atoms with Gasteiger partial charge in [-0.25, -0.2) is 14.4 Å². The van der Waals surface area contributed by atoms with Crippen LogP contribution in [-0.2, 0) is 47.9 Å². The number of carboxylic acids is 5. The summed E-state index contributed by atoms with van der Waals surface area (Å²) in [5.74, 6) is -10.6. The van der Waals surface area contributed by atoms with Crippen LogP contribution in [-0.4, -0.2) is 103 Å². The molecule has 0 saturated heterocycles. The van der Waals surface area contributed by atoms with E-state index < -0.39 is 104 Å². The molecule has 8 N–H and O–H groups in total. The van der Waals surface area contributed by atoms with E-state index >= 15 is 0 Å². The minimum absolute atomic E-state index is 0.0976. The van der Waals surface area contributed by atoms with Crippen LogP contribution >= 0.6 is 0 Å². The first-order chi connectivity index (χ1) is 27.4. The number of unbranched alkanes of at least 4 members (excludes halogenated alkanes) is 13. The van der Waals surface area contributed by atoms with E-state index in [1.165, 1.54) is 32.6 Å². The van der Waals surface area contributed by atoms with Crippen LogP contribution in [0.15, 0.2) is 0 Å². The Labute approximate surface area is 339 Å². The summed E-state index contributed by atoms with van der Waals surface area (Å²) >= 11 is 0. The molecule has 0 heterocycles. The lowest BCUT2D eigenvalue weighted by Crippen LogP contribution is -2.45. The number of amides is 3. The molecule has 3 amide bonds. The van der Waals surface area contributed by atoms with E-state index in [0.29, 0.717) is 6.42 Å². The van der Waals surface area contributed by atoms with E-state index in [4.69, 9.17) is 5.11 Å². The Bertz CT molecular complexity index is 1350. The molecular formula is C40H65N3O15. The van der Waals surface area contributed by atoms with Gasteiger partial charge in [-0.05, 0) is 45.4 Å². The molecule has 58 heavy (non-hydrogen) atoms. The second-order valence-electron chi connectivity index (χ2n) is 14.9. The van der Waals surface area contributed by atoms with Gasteiger partial charge in [0, 0.05) is 44.9 Å². The van der Waals surface area contributed by atoms with Crippen molar-refractivity contribution in [2.45, 2.75) is 186 Å². The Kier molecular flexibility index (Phi) is 29.4. The SMILES string of the molecule is CC(=O)CC[C@H](NC(=O)CC[C@H](NC(=O)CC[C@H](NC(=O)CC[C@H](CC(=O)CCCCCCCCCCCCCCCCC(=O)O)C(=O)O)C(=O)O)C(=O)O)C(=O)O. The fourth-order valence-corrected chi connectivity index (χ4v) is 6.18. The molecule has 4 atom stereocenters. The summed E-state index contributed by atoms with van der Waals surface area (Å²) in [4.78, 5) is 118. The molecule has 0 unspecified atom stereocenters. The summed E-state index contributed by atoms with van der Waals surface area (Å²) in [6.45, 7) is 1.26. The summed E-state index contributed by atoms with van der Waals surface area (Å²) in [5.41, 5.74) is 0. The van der Waals surface area contributed by atoms with Gasteiger partial charge in [0.05, 0.1) is 5.92 Å². The number of ketones is 2. The minimum Gasteiger partial charge on any atom is -0.481 e. The Morgan fingerprint density at radius 3 is 1.00 bits per heavy atom. The maximum absolute atomic E-state index is 12.5. The van der Waals surface area contributed by atoms with Crippen molar-refractivity contribution in [1.82, 2.24) is 16.0 Å². The minimum atomic E-state index is -1.58. The molecule has 0 aliphatic heterocycles. The van der Waals surface area contributed by atoms with E-state index in [1.54, 1.807) is 0 Å². The van der Waals surface area contributed by atoms with Crippen LogP contribution in [0.2, 0.25) is 0 Å². The number of nitrogens with one attached hydrogen (secondary N) is 3. The zero-order valence-corrected chi connectivity index (χ0v) is 33.8. The van der Waals surface area contributed by atoms with Crippen LogP contribution in [0.3, 0.4) is 0 Å². The second-order valence-corrected chi connectivity index (χ2v) is 14.9. The highest BCUT2D eigenvalue weighted by Crippen LogP contribution is 2.17. The van der Waals surface area contributed by atoms with E-state index in [2.05, 4.69) is 16.0 Å². The van der Waals surface area contributed by atoms with Gasteiger partial charge in [0.1, 0.15) is 29.7 Å². The number of hydrogen-bond acceptors (Lipinski definition) is 10. The number of rotatable bonds is 38. The normalized spacial score (nSPS) is 13.0. The third-order valence-electron chi connectivity index (χ3n) is 9.64. The lowest BCUT2D eigenvalue weighted by Gasteiger charge is -2.18. The predicted octanol–water partition coefficient (Wildman–Crippen LogP) is 4.39. The van der Waals surface area contributed by atoms with Crippen molar-refractivity contribution < 1.29 is 73.5 Å². The number of carboxylic acid groups (broad SMARTS) is 5. The van der Waals surface area contributed by atoms with Crippen LogP contribution in [0.1, 0.15) is 167 Å². The van der Waals surface area contributed by atoms with Crippen LogP contribution in [0.5, 0.6) is 0 Å². The number of aliphatic carboxylic acids is 5. The van der Waals surface area contributed by atoms with Crippen molar-refractivity contribution in [3.63, 3.8) is 0 Å². The van der Waals surface area contributed by atoms with Gasteiger partial charge in [0.15, 0.2) is 0 Å². The molecule has 0 aromatic carbocycles. The van der Waals surface area contributed by atoms with Crippen molar-refractivity contribution in [2.75, 3.05) is 0 Å². The molecule has 0 aliphatic carbocycles. The van der Waals surface area contributed by atoms with Crippen molar-refractivity contribution in [1.29, 1.82) is 0 Å². The summed E-state index contributed by atoms with van der Waals surface area (Å²) in [6, 6.07) is -4.52. The van der Waals surface area contributed by atoms with Crippen LogP contribution < -0.4 is 16.0 Å². The standard InChI is InChI=1S/C40H65N3O15/c1-27(44)18-20-30(38(53)54)41-34(47)24-22-32(40(57)58)43-35(48)25-21-31(39(55)56)42-33(46)23-19-28(37(51)52)26-29(45)16-14-12-10-8-6-4-2-3-5-7-9-11-13-15-17-36(49)50/h28,30-32H,2-26H2,1H3,(H,41,47)(H,42,46)(H,43,48)(H,49,50)(H,51,52)(H,53,54)(H,55,56)(H,57,58)/t28-,30+,31+,32+/m1/s1. The van der Waals surface area contributed by atoms with Crippen molar-refractivity contribution in [3.05, 3.63) is 0 Å². The number of carbonyl (C=O) groups excluding carboxylic acids is 5. The van der Waals surface area contributed by atoms with E-state index in [-0.39, 0.29) is 50.1 Å². The largest absolute Gasteiger partial charge is 0.481 e. The number of carbonyl (C=O) groups is 10. The van der Waals surface area contributed by atoms with Gasteiger partial charge in [0.25, 0.3) is 0 Å². The van der Waals surface area contributed by atoms with E-state index in [9.17, 15) is 68.4 Å². The van der Waals surface area contributed by atoms with Crippen molar-refractivity contribution in [2.24, 2.45) is 5.92 Å². The maximum atomic E-state index is 12.5. The number of hydrogen-bond donors (Lipinski definition) is 8. The molecule has 0 spiro atoms. The predicted molar refractivity (Wildman–Crippen MR) is 209 cm³/mol. The molecule has 18 nitrogen and oxygen atoms in total. The average molecular weight is 828 g/mol. The van der Waals surface area contributed by atoms with Crippen LogP contribution in [0.4, 0.5) is 0 Å². The quantitative estimate of drug-likeness (QED) is 0.0400. The van der Waals surface area contributed by atoms with Gasteiger partial charge in [-0.15, -0.1) is 0 Å². The van der Waals surface area contributed by atoms with Gasteiger partial charge in [-0.1, -0.05) is 77.0 Å². The van der Waals surface area contributed by atoms with Crippen molar-refractivity contribution in [3.8, 4) is 0 Å². The fraction of sp³-hybridized carbons (Fsp3) is 0.750. The van der Waals surface area contributed by atoms with Crippen LogP contribution in [0, 0.1) is 5.92 Å². The lowest BCUT2D eigenvalue weighted by molar-refractivity contribution is -0.145. The molecule has 0 aromatic rings. The molecule has 0 bridgehead atoms. The topological polar surface area (TPSA) is 308 Å². The van der Waals surface area contributed by atoms with Gasteiger partial charge in [-0.2, -0.15) is 0 Å². The summed E-state index contributed by atoms with van der Waals surface area (Å²) in [7, 11) is 0. The second kappa shape index (κ2) is 32.1. The zero-order valence-electron chi connectivity index (χ0n) is 33.8. The van der Waals surface area contributed by atoms with E-state index in [0.717, 1.165) is 57.8 Å². The third-order valence-corrected chi connectivity index (χ3v) is 9.64. The highest BCUT2D eigenvalue weighted by Gasteiger charge is 2.27. The first-order valence-electron chi connectivity index (χ1n) is 20.4. The smallest absolute Gasteiger partial charge is 0.326 e. The Balaban J connectivity index is 4.47.